The zero-order chi connectivity index (χ0) is 19.7. The first kappa shape index (κ1) is 18.5. The van der Waals surface area contributed by atoms with Crippen molar-refractivity contribution in [3.8, 4) is 0 Å². The highest BCUT2D eigenvalue weighted by Crippen LogP contribution is 2.18. The minimum Gasteiger partial charge on any atom is -0.381 e. The van der Waals surface area contributed by atoms with E-state index in [-0.39, 0.29) is 23.6 Å². The molecule has 1 saturated heterocycles. The van der Waals surface area contributed by atoms with Gasteiger partial charge in [-0.2, -0.15) is 4.98 Å². The largest absolute Gasteiger partial charge is 0.381 e. The molecule has 28 heavy (non-hydrogen) atoms. The summed E-state index contributed by atoms with van der Waals surface area (Å²) in [6.45, 7) is 1.40. The van der Waals surface area contributed by atoms with Crippen molar-refractivity contribution in [2.45, 2.75) is 25.3 Å². The SMILES string of the molecule is Cn1c(=O)c(Cc2ccc(F)cc2F)cc2cnc(NC3CCOCC3)nc21. The number of nitrogens with zero attached hydrogens (tertiary/aromatic N) is 3. The molecule has 0 saturated carbocycles. The fourth-order valence-corrected chi connectivity index (χ4v) is 3.40. The van der Waals surface area contributed by atoms with E-state index in [4.69, 9.17) is 4.74 Å². The minimum atomic E-state index is -0.672. The van der Waals surface area contributed by atoms with Crippen LogP contribution in [0.25, 0.3) is 11.0 Å². The van der Waals surface area contributed by atoms with E-state index in [9.17, 15) is 13.6 Å². The quantitative estimate of drug-likeness (QED) is 0.747. The molecule has 0 amide bonds. The van der Waals surface area contributed by atoms with E-state index in [0.29, 0.717) is 35.8 Å². The number of aryl methyl sites for hydroxylation is 1. The van der Waals surface area contributed by atoms with Gasteiger partial charge in [0.2, 0.25) is 5.95 Å². The first-order valence-electron chi connectivity index (χ1n) is 9.15. The van der Waals surface area contributed by atoms with E-state index >= 15 is 0 Å². The van der Waals surface area contributed by atoms with Crippen molar-refractivity contribution in [3.05, 3.63) is 63.6 Å². The second-order valence-corrected chi connectivity index (χ2v) is 6.95. The number of ether oxygens (including phenoxy) is 1. The zero-order valence-electron chi connectivity index (χ0n) is 15.4. The van der Waals surface area contributed by atoms with Gasteiger partial charge >= 0.3 is 0 Å². The van der Waals surface area contributed by atoms with Crippen molar-refractivity contribution in [3.63, 3.8) is 0 Å². The van der Waals surface area contributed by atoms with Crippen LogP contribution >= 0.6 is 0 Å². The van der Waals surface area contributed by atoms with Crippen LogP contribution in [-0.4, -0.2) is 33.8 Å². The predicted molar refractivity (Wildman–Crippen MR) is 101 cm³/mol. The van der Waals surface area contributed by atoms with Gasteiger partial charge in [0, 0.05) is 55.9 Å². The average Bonchev–Trinajstić information content (AvgIpc) is 2.69. The summed E-state index contributed by atoms with van der Waals surface area (Å²) < 4.78 is 33.9. The Morgan fingerprint density at radius 1 is 1.21 bits per heavy atom. The third-order valence-electron chi connectivity index (χ3n) is 4.97. The van der Waals surface area contributed by atoms with Gasteiger partial charge in [-0.05, 0) is 30.5 Å². The Balaban J connectivity index is 1.66. The van der Waals surface area contributed by atoms with Crippen LogP contribution in [0.5, 0.6) is 0 Å². The summed E-state index contributed by atoms with van der Waals surface area (Å²) in [6, 6.07) is 5.26. The van der Waals surface area contributed by atoms with Gasteiger partial charge in [0.1, 0.15) is 17.3 Å². The summed E-state index contributed by atoms with van der Waals surface area (Å²) in [7, 11) is 1.63. The molecular weight excluding hydrogens is 366 g/mol. The van der Waals surface area contributed by atoms with Crippen LogP contribution in [0.3, 0.4) is 0 Å². The highest BCUT2D eigenvalue weighted by atomic mass is 19.1. The summed E-state index contributed by atoms with van der Waals surface area (Å²) in [6.07, 6.45) is 3.47. The smallest absolute Gasteiger partial charge is 0.255 e. The molecule has 3 aromatic rings. The average molecular weight is 386 g/mol. The molecule has 0 unspecified atom stereocenters. The molecule has 2 aromatic heterocycles. The Hall–Kier alpha value is -2.87. The van der Waals surface area contributed by atoms with Crippen LogP contribution < -0.4 is 10.9 Å². The van der Waals surface area contributed by atoms with Crippen LogP contribution in [0.1, 0.15) is 24.0 Å². The monoisotopic (exact) mass is 386 g/mol. The molecule has 3 heterocycles. The second-order valence-electron chi connectivity index (χ2n) is 6.95. The first-order chi connectivity index (χ1) is 13.5. The van der Waals surface area contributed by atoms with Crippen molar-refractivity contribution in [1.82, 2.24) is 14.5 Å². The molecule has 1 aliphatic heterocycles. The molecule has 1 N–H and O–H groups in total. The number of pyridine rings is 1. The number of rotatable bonds is 4. The lowest BCUT2D eigenvalue weighted by Gasteiger charge is -2.23. The lowest BCUT2D eigenvalue weighted by Crippen LogP contribution is -2.29. The Kier molecular flexibility index (Phi) is 5.04. The number of anilines is 1. The predicted octanol–water partition coefficient (Wildman–Crippen LogP) is 2.79. The molecule has 0 atom stereocenters. The maximum absolute atomic E-state index is 14.0. The third kappa shape index (κ3) is 3.73. The van der Waals surface area contributed by atoms with Gasteiger partial charge in [0.15, 0.2) is 0 Å². The van der Waals surface area contributed by atoms with Gasteiger partial charge in [0.05, 0.1) is 0 Å². The van der Waals surface area contributed by atoms with E-state index in [1.54, 1.807) is 19.3 Å². The van der Waals surface area contributed by atoms with E-state index in [0.717, 1.165) is 18.9 Å². The second kappa shape index (κ2) is 7.63. The molecule has 6 nitrogen and oxygen atoms in total. The number of nitrogens with one attached hydrogen (secondary N) is 1. The number of fused-ring (bicyclic) bond motifs is 1. The molecule has 1 aliphatic rings. The number of hydrogen-bond acceptors (Lipinski definition) is 5. The van der Waals surface area contributed by atoms with E-state index in [1.807, 2.05) is 0 Å². The molecule has 4 rings (SSSR count). The van der Waals surface area contributed by atoms with Crippen LogP contribution in [0, 0.1) is 11.6 Å². The van der Waals surface area contributed by atoms with Gasteiger partial charge in [-0.1, -0.05) is 6.07 Å². The van der Waals surface area contributed by atoms with Gasteiger partial charge in [-0.25, -0.2) is 13.8 Å². The first-order valence-corrected chi connectivity index (χ1v) is 9.15. The van der Waals surface area contributed by atoms with Gasteiger partial charge in [0.25, 0.3) is 5.56 Å². The fraction of sp³-hybridized carbons (Fsp3) is 0.350. The lowest BCUT2D eigenvalue weighted by atomic mass is 10.0. The van der Waals surface area contributed by atoms with Crippen molar-refractivity contribution >= 4 is 17.0 Å². The number of aromatic nitrogens is 3. The molecule has 1 fully saturated rings. The molecule has 146 valence electrons. The van der Waals surface area contributed by atoms with E-state index < -0.39 is 11.6 Å². The molecule has 1 aromatic carbocycles. The Morgan fingerprint density at radius 3 is 2.75 bits per heavy atom. The molecule has 0 aliphatic carbocycles. The molecule has 0 radical (unpaired) electrons. The fourth-order valence-electron chi connectivity index (χ4n) is 3.40. The van der Waals surface area contributed by atoms with E-state index in [2.05, 4.69) is 15.3 Å². The summed E-state index contributed by atoms with van der Waals surface area (Å²) in [5, 5.41) is 3.96. The van der Waals surface area contributed by atoms with Crippen LogP contribution in [0.15, 0.2) is 35.3 Å². The highest BCUT2D eigenvalue weighted by Gasteiger charge is 2.16. The minimum absolute atomic E-state index is 0.0663. The lowest BCUT2D eigenvalue weighted by molar-refractivity contribution is 0.0903. The summed E-state index contributed by atoms with van der Waals surface area (Å²) >= 11 is 0. The van der Waals surface area contributed by atoms with Crippen molar-refractivity contribution in [2.24, 2.45) is 7.05 Å². The van der Waals surface area contributed by atoms with Crippen molar-refractivity contribution < 1.29 is 13.5 Å². The Bertz CT molecular complexity index is 1080. The van der Waals surface area contributed by atoms with Crippen LogP contribution in [0.4, 0.5) is 14.7 Å². The number of halogens is 2. The summed E-state index contributed by atoms with van der Waals surface area (Å²) in [5.74, 6) is -0.855. The van der Waals surface area contributed by atoms with Gasteiger partial charge in [-0.15, -0.1) is 0 Å². The topological polar surface area (TPSA) is 69.0 Å². The van der Waals surface area contributed by atoms with Gasteiger partial charge < -0.3 is 10.1 Å². The standard InChI is InChI=1S/C20H20F2N4O2/c1-26-18-14(11-23-20(25-18)24-16-4-6-28-7-5-16)9-13(19(26)27)8-12-2-3-15(21)10-17(12)22/h2-3,9-11,16H,4-8H2,1H3,(H,23,24,25). The summed E-state index contributed by atoms with van der Waals surface area (Å²) in [4.78, 5) is 21.6. The number of hydrogen-bond donors (Lipinski definition) is 1. The van der Waals surface area contributed by atoms with Crippen molar-refractivity contribution in [1.29, 1.82) is 0 Å². The zero-order valence-corrected chi connectivity index (χ0v) is 15.4. The molecule has 0 spiro atoms. The van der Waals surface area contributed by atoms with Crippen molar-refractivity contribution in [2.75, 3.05) is 18.5 Å². The highest BCUT2D eigenvalue weighted by molar-refractivity contribution is 5.76. The third-order valence-corrected chi connectivity index (χ3v) is 4.97. The summed E-state index contributed by atoms with van der Waals surface area (Å²) in [5.41, 5.74) is 0.885. The molecular formula is C20H20F2N4O2. The number of benzene rings is 1. The Labute approximate surface area is 160 Å². The Morgan fingerprint density at radius 2 is 2.00 bits per heavy atom. The van der Waals surface area contributed by atoms with Crippen LogP contribution in [0.2, 0.25) is 0 Å². The maximum atomic E-state index is 14.0. The normalized spacial score (nSPS) is 15.1. The van der Waals surface area contributed by atoms with E-state index in [1.165, 1.54) is 16.7 Å². The van der Waals surface area contributed by atoms with Crippen LogP contribution in [-0.2, 0) is 18.2 Å². The molecule has 0 bridgehead atoms. The van der Waals surface area contributed by atoms with Gasteiger partial charge in [-0.3, -0.25) is 9.36 Å². The maximum Gasteiger partial charge on any atom is 0.255 e. The molecule has 8 heteroatoms.